The summed E-state index contributed by atoms with van der Waals surface area (Å²) < 4.78 is 6.21. The first kappa shape index (κ1) is 16.5. The van der Waals surface area contributed by atoms with Crippen molar-refractivity contribution in [1.29, 1.82) is 0 Å². The van der Waals surface area contributed by atoms with Crippen LogP contribution in [0.4, 0.5) is 0 Å². The maximum absolute atomic E-state index is 11.9. The van der Waals surface area contributed by atoms with Crippen molar-refractivity contribution < 1.29 is 14.6 Å². The number of rotatable bonds is 0. The molecule has 3 saturated carbocycles. The molecule has 0 bridgehead atoms. The summed E-state index contributed by atoms with van der Waals surface area (Å²) in [5.74, 6) is 2.59. The van der Waals surface area contributed by atoms with Crippen molar-refractivity contribution in [2.75, 3.05) is 0 Å². The first-order valence-corrected chi connectivity index (χ1v) is 10.5. The van der Waals surface area contributed by atoms with Crippen molar-refractivity contribution in [1.82, 2.24) is 0 Å². The van der Waals surface area contributed by atoms with Gasteiger partial charge in [0.25, 0.3) is 0 Å². The van der Waals surface area contributed by atoms with Crippen LogP contribution in [0.1, 0.15) is 78.1 Å². The predicted octanol–water partition coefficient (Wildman–Crippen LogP) is 4.39. The Balaban J connectivity index is 1.48. The average molecular weight is 344 g/mol. The second-order valence-corrected chi connectivity index (χ2v) is 10.1. The van der Waals surface area contributed by atoms with Gasteiger partial charge in [0.05, 0.1) is 5.60 Å². The minimum absolute atomic E-state index is 0.0679. The van der Waals surface area contributed by atoms with Gasteiger partial charge in [-0.1, -0.05) is 19.4 Å². The summed E-state index contributed by atoms with van der Waals surface area (Å²) in [5, 5.41) is 10.1. The molecule has 0 aromatic rings. The Bertz CT molecular complexity index is 639. The van der Waals surface area contributed by atoms with Crippen molar-refractivity contribution in [2.24, 2.45) is 28.6 Å². The SMILES string of the molecule is CC12CCC(=O)C=C1CCC1C2CCC2(C)C1CCC21CCC(O)O1. The quantitative estimate of drug-likeness (QED) is 0.709. The molecule has 5 aliphatic rings. The van der Waals surface area contributed by atoms with Crippen LogP contribution in [0, 0.1) is 28.6 Å². The Kier molecular flexibility index (Phi) is 3.43. The van der Waals surface area contributed by atoms with Gasteiger partial charge in [0.1, 0.15) is 0 Å². The summed E-state index contributed by atoms with van der Waals surface area (Å²) in [7, 11) is 0. The van der Waals surface area contributed by atoms with Crippen LogP contribution >= 0.6 is 0 Å². The van der Waals surface area contributed by atoms with E-state index >= 15 is 0 Å². The molecule has 3 heteroatoms. The van der Waals surface area contributed by atoms with E-state index in [1.165, 1.54) is 31.3 Å². The van der Waals surface area contributed by atoms with Crippen molar-refractivity contribution in [3.05, 3.63) is 11.6 Å². The molecule has 1 aliphatic heterocycles. The van der Waals surface area contributed by atoms with Crippen LogP contribution in [-0.2, 0) is 9.53 Å². The van der Waals surface area contributed by atoms with Gasteiger partial charge in [0.2, 0.25) is 0 Å². The monoisotopic (exact) mass is 344 g/mol. The van der Waals surface area contributed by atoms with Gasteiger partial charge in [-0.25, -0.2) is 0 Å². The number of aliphatic hydroxyl groups is 1. The van der Waals surface area contributed by atoms with Crippen LogP contribution in [0.2, 0.25) is 0 Å². The number of fused-ring (bicyclic) bond motifs is 6. The van der Waals surface area contributed by atoms with Crippen molar-refractivity contribution in [3.63, 3.8) is 0 Å². The molecule has 5 rings (SSSR count). The van der Waals surface area contributed by atoms with E-state index in [0.717, 1.165) is 56.3 Å². The fourth-order valence-electron chi connectivity index (χ4n) is 7.99. The first-order chi connectivity index (χ1) is 11.9. The van der Waals surface area contributed by atoms with E-state index in [2.05, 4.69) is 13.8 Å². The molecule has 0 amide bonds. The van der Waals surface area contributed by atoms with Gasteiger partial charge in [0.15, 0.2) is 12.1 Å². The largest absolute Gasteiger partial charge is 0.368 e. The highest BCUT2D eigenvalue weighted by molar-refractivity contribution is 5.91. The zero-order valence-electron chi connectivity index (χ0n) is 15.7. The van der Waals surface area contributed by atoms with Crippen LogP contribution in [0.15, 0.2) is 11.6 Å². The molecule has 1 saturated heterocycles. The molecule has 4 fully saturated rings. The number of aliphatic hydroxyl groups excluding tert-OH is 1. The van der Waals surface area contributed by atoms with Crippen molar-refractivity contribution >= 4 is 5.78 Å². The summed E-state index contributed by atoms with van der Waals surface area (Å²) in [4.78, 5) is 11.9. The summed E-state index contributed by atoms with van der Waals surface area (Å²) in [5.41, 5.74) is 1.87. The summed E-state index contributed by atoms with van der Waals surface area (Å²) in [6, 6.07) is 0. The summed E-state index contributed by atoms with van der Waals surface area (Å²) in [6.07, 6.45) is 12.3. The number of ketones is 1. The third-order valence-electron chi connectivity index (χ3n) is 9.41. The molecule has 4 aliphatic carbocycles. The van der Waals surface area contributed by atoms with Gasteiger partial charge < -0.3 is 9.84 Å². The van der Waals surface area contributed by atoms with E-state index in [0.29, 0.717) is 5.78 Å². The molecule has 7 atom stereocenters. The molecule has 25 heavy (non-hydrogen) atoms. The number of ether oxygens (including phenoxy) is 1. The molecule has 0 radical (unpaired) electrons. The van der Waals surface area contributed by atoms with Gasteiger partial charge in [-0.05, 0) is 86.0 Å². The number of carbonyl (C=O) groups excluding carboxylic acids is 1. The minimum Gasteiger partial charge on any atom is -0.368 e. The molecular weight excluding hydrogens is 312 g/mol. The fourth-order valence-corrected chi connectivity index (χ4v) is 7.99. The van der Waals surface area contributed by atoms with Gasteiger partial charge in [0, 0.05) is 12.8 Å². The highest BCUT2D eigenvalue weighted by Gasteiger charge is 2.66. The Morgan fingerprint density at radius 1 is 1.00 bits per heavy atom. The van der Waals surface area contributed by atoms with Crippen LogP contribution in [0.3, 0.4) is 0 Å². The predicted molar refractivity (Wildman–Crippen MR) is 95.8 cm³/mol. The molecule has 1 heterocycles. The summed E-state index contributed by atoms with van der Waals surface area (Å²) >= 11 is 0. The summed E-state index contributed by atoms with van der Waals surface area (Å²) in [6.45, 7) is 4.92. The maximum Gasteiger partial charge on any atom is 0.155 e. The second kappa shape index (κ2) is 5.19. The highest BCUT2D eigenvalue weighted by atomic mass is 16.6. The zero-order chi connectivity index (χ0) is 17.4. The highest BCUT2D eigenvalue weighted by Crippen LogP contribution is 2.69. The lowest BCUT2D eigenvalue weighted by Gasteiger charge is -2.59. The maximum atomic E-state index is 11.9. The molecule has 3 nitrogen and oxygen atoms in total. The van der Waals surface area contributed by atoms with Crippen molar-refractivity contribution in [2.45, 2.75) is 89.9 Å². The Morgan fingerprint density at radius 2 is 1.76 bits per heavy atom. The first-order valence-electron chi connectivity index (χ1n) is 10.5. The molecule has 0 aromatic heterocycles. The van der Waals surface area contributed by atoms with E-state index in [1.54, 1.807) is 0 Å². The minimum atomic E-state index is -0.545. The van der Waals surface area contributed by atoms with E-state index in [1.807, 2.05) is 6.08 Å². The van der Waals surface area contributed by atoms with Crippen LogP contribution in [-0.4, -0.2) is 22.8 Å². The topological polar surface area (TPSA) is 46.5 Å². The van der Waals surface area contributed by atoms with E-state index in [4.69, 9.17) is 4.74 Å². The zero-order valence-corrected chi connectivity index (χ0v) is 15.7. The molecule has 7 unspecified atom stereocenters. The average Bonchev–Trinajstić information content (AvgIpc) is 3.10. The number of hydrogen-bond donors (Lipinski definition) is 1. The van der Waals surface area contributed by atoms with Crippen LogP contribution in [0.25, 0.3) is 0 Å². The van der Waals surface area contributed by atoms with E-state index in [9.17, 15) is 9.90 Å². The lowest BCUT2D eigenvalue weighted by atomic mass is 9.46. The fraction of sp³-hybridized carbons (Fsp3) is 0.864. The lowest BCUT2D eigenvalue weighted by Crippen LogP contribution is -2.54. The van der Waals surface area contributed by atoms with E-state index in [-0.39, 0.29) is 16.4 Å². The number of allylic oxidation sites excluding steroid dienone is 1. The Morgan fingerprint density at radius 3 is 2.52 bits per heavy atom. The molecular formula is C22H32O3. The third kappa shape index (κ3) is 2.03. The molecule has 1 spiro atoms. The van der Waals surface area contributed by atoms with Crippen molar-refractivity contribution in [3.8, 4) is 0 Å². The van der Waals surface area contributed by atoms with Gasteiger partial charge in [-0.15, -0.1) is 0 Å². The molecule has 1 N–H and O–H groups in total. The Labute approximate surface area is 151 Å². The van der Waals surface area contributed by atoms with Gasteiger partial charge in [-0.2, -0.15) is 0 Å². The van der Waals surface area contributed by atoms with Gasteiger partial charge >= 0.3 is 0 Å². The number of carbonyl (C=O) groups is 1. The smallest absolute Gasteiger partial charge is 0.155 e. The molecule has 138 valence electrons. The Hall–Kier alpha value is -0.670. The van der Waals surface area contributed by atoms with Crippen LogP contribution in [0.5, 0.6) is 0 Å². The van der Waals surface area contributed by atoms with E-state index < -0.39 is 6.29 Å². The lowest BCUT2D eigenvalue weighted by molar-refractivity contribution is -0.195. The number of hydrogen-bond acceptors (Lipinski definition) is 3. The second-order valence-electron chi connectivity index (χ2n) is 10.1. The van der Waals surface area contributed by atoms with Gasteiger partial charge in [-0.3, -0.25) is 4.79 Å². The van der Waals surface area contributed by atoms with Crippen LogP contribution < -0.4 is 0 Å². The third-order valence-corrected chi connectivity index (χ3v) is 9.41. The normalized spacial score (nSPS) is 54.8. The standard InChI is InChI=1S/C22H32O3/c1-20-9-5-15(23)13-14(20)3-4-16-17(20)6-10-21(2)18(16)7-11-22(21)12-8-19(24)25-22/h13,16-19,24H,3-12H2,1-2H3. The molecule has 0 aromatic carbocycles.